The van der Waals surface area contributed by atoms with Crippen LogP contribution in [0.4, 0.5) is 0 Å². The van der Waals surface area contributed by atoms with E-state index in [1.165, 1.54) is 17.0 Å². The first-order chi connectivity index (χ1) is 10.3. The van der Waals surface area contributed by atoms with E-state index in [1.807, 2.05) is 0 Å². The van der Waals surface area contributed by atoms with Gasteiger partial charge >= 0.3 is 140 Å². The molecule has 104 valence electrons. The van der Waals surface area contributed by atoms with Gasteiger partial charge < -0.3 is 0 Å². The summed E-state index contributed by atoms with van der Waals surface area (Å²) in [7, 11) is 0.163. The summed E-state index contributed by atoms with van der Waals surface area (Å²) in [6.45, 7) is 0. The van der Waals surface area contributed by atoms with Gasteiger partial charge in [-0.3, -0.25) is 0 Å². The van der Waals surface area contributed by atoms with Crippen LogP contribution in [-0.2, 0) is 10.9 Å². The van der Waals surface area contributed by atoms with Crippen LogP contribution in [0.5, 0.6) is 0 Å². The molecule has 0 aliphatic rings. The third kappa shape index (κ3) is 3.92. The molecule has 3 aromatic rings. The molecule has 3 rings (SSSR count). The van der Waals surface area contributed by atoms with E-state index in [9.17, 15) is 0 Å². The summed E-state index contributed by atoms with van der Waals surface area (Å²) in [5, 5.41) is 0. The van der Waals surface area contributed by atoms with Crippen LogP contribution >= 0.6 is 0 Å². The van der Waals surface area contributed by atoms with Crippen molar-refractivity contribution in [1.82, 2.24) is 0 Å². The van der Waals surface area contributed by atoms with E-state index in [2.05, 4.69) is 91.2 Å². The Balaban J connectivity index is 1.75. The molecule has 0 aliphatic heterocycles. The van der Waals surface area contributed by atoms with Crippen molar-refractivity contribution >= 4 is 39.0 Å². The predicted molar refractivity (Wildman–Crippen MR) is 94.2 cm³/mol. The Bertz CT molecular complexity index is 678. The van der Waals surface area contributed by atoms with Crippen LogP contribution in [0.2, 0.25) is 0 Å². The van der Waals surface area contributed by atoms with Crippen LogP contribution in [0.25, 0.3) is 0 Å². The van der Waals surface area contributed by atoms with Gasteiger partial charge in [0, 0.05) is 0 Å². The van der Waals surface area contributed by atoms with Gasteiger partial charge in [0.2, 0.25) is 0 Å². The molecule has 0 amide bonds. The van der Waals surface area contributed by atoms with Crippen molar-refractivity contribution in [3.63, 3.8) is 0 Å². The Morgan fingerprint density at radius 2 is 1.05 bits per heavy atom. The fourth-order valence-corrected chi connectivity index (χ4v) is 5.87. The fraction of sp³-hybridized carbons (Fsp3) is 0.0526. The van der Waals surface area contributed by atoms with E-state index in [1.54, 1.807) is 0 Å². The Morgan fingerprint density at radius 1 is 0.571 bits per heavy atom. The van der Waals surface area contributed by atoms with Gasteiger partial charge in [-0.05, 0) is 0 Å². The summed E-state index contributed by atoms with van der Waals surface area (Å²) in [6.07, 6.45) is 2.30. The third-order valence-electron chi connectivity index (χ3n) is 3.25. The topological polar surface area (TPSA) is 0 Å². The summed E-state index contributed by atoms with van der Waals surface area (Å²) in [6, 6.07) is 30.8. The second kappa shape index (κ2) is 7.18. The molecule has 0 heterocycles. The minimum absolute atomic E-state index is 0.163. The first-order valence-electron chi connectivity index (χ1n) is 6.87. The van der Waals surface area contributed by atoms with Crippen molar-refractivity contribution in [2.24, 2.45) is 0 Å². The molecule has 0 saturated carbocycles. The van der Waals surface area contributed by atoms with Gasteiger partial charge in [-0.1, -0.05) is 0 Å². The van der Waals surface area contributed by atoms with E-state index >= 15 is 0 Å². The molecule has 1 unspecified atom stereocenters. The van der Waals surface area contributed by atoms with Crippen LogP contribution in [0.15, 0.2) is 94.7 Å². The van der Waals surface area contributed by atoms with Crippen molar-refractivity contribution in [2.75, 3.05) is 6.26 Å². The molecule has 21 heavy (non-hydrogen) atoms. The van der Waals surface area contributed by atoms with E-state index in [0.717, 1.165) is 0 Å². The maximum absolute atomic E-state index is 2.32. The Kier molecular flexibility index (Phi) is 5.04. The first kappa shape index (κ1) is 14.7. The van der Waals surface area contributed by atoms with Crippen LogP contribution < -0.4 is 7.22 Å². The summed E-state index contributed by atoms with van der Waals surface area (Å²) in [4.78, 5) is 2.83. The molecule has 0 N–H and O–H groups in total. The van der Waals surface area contributed by atoms with Gasteiger partial charge in [0.25, 0.3) is 0 Å². The molecule has 0 fully saturated rings. The summed E-state index contributed by atoms with van der Waals surface area (Å²) >= 11 is -0.249. The summed E-state index contributed by atoms with van der Waals surface area (Å²) < 4.78 is 3.00. The van der Waals surface area contributed by atoms with E-state index < -0.39 is 0 Å². The van der Waals surface area contributed by atoms with Crippen molar-refractivity contribution in [2.45, 2.75) is 9.79 Å². The Labute approximate surface area is 139 Å². The molecule has 0 aromatic heterocycles. The Morgan fingerprint density at radius 3 is 1.67 bits per heavy atom. The molecule has 0 nitrogen and oxygen atoms in total. The van der Waals surface area contributed by atoms with Crippen molar-refractivity contribution in [1.29, 1.82) is 0 Å². The van der Waals surface area contributed by atoms with Gasteiger partial charge in [-0.15, -0.1) is 0 Å². The summed E-state index contributed by atoms with van der Waals surface area (Å²) in [5.41, 5.74) is 0. The van der Waals surface area contributed by atoms with Crippen LogP contribution in [0, 0.1) is 0 Å². The molecule has 3 aromatic carbocycles. The van der Waals surface area contributed by atoms with E-state index in [-0.39, 0.29) is 31.8 Å². The average molecular weight is 405 g/mol. The second-order valence-electron chi connectivity index (χ2n) is 4.71. The molecular weight excluding hydrogens is 388 g/mol. The van der Waals surface area contributed by atoms with Crippen molar-refractivity contribution in [3.05, 3.63) is 84.9 Å². The molecule has 0 radical (unpaired) electrons. The van der Waals surface area contributed by atoms with E-state index in [0.29, 0.717) is 0 Å². The van der Waals surface area contributed by atoms with Gasteiger partial charge in [0.1, 0.15) is 0 Å². The Hall–Kier alpha value is -1.20. The normalized spacial score (nSPS) is 12.0. The fourth-order valence-electron chi connectivity index (χ4n) is 2.10. The summed E-state index contributed by atoms with van der Waals surface area (Å²) in [5.74, 6) is 0. The molecular formula is C19H17STe+. The maximum atomic E-state index is 2.32. The standard InChI is InChI=1S/C19H17STe/c1-20(16-8-4-2-5-9-16)17-12-14-19(15-13-17)21-18-10-6-3-7-11-18/h2-15H,1H3/q+1. The zero-order chi connectivity index (χ0) is 14.5. The number of benzene rings is 3. The zero-order valence-corrected chi connectivity index (χ0v) is 15.0. The van der Waals surface area contributed by atoms with Crippen LogP contribution in [-0.4, -0.2) is 27.2 Å². The first-order valence-corrected chi connectivity index (χ1v) is 10.8. The van der Waals surface area contributed by atoms with E-state index in [4.69, 9.17) is 0 Å². The molecule has 1 atom stereocenters. The second-order valence-corrected chi connectivity index (χ2v) is 9.95. The van der Waals surface area contributed by atoms with Crippen molar-refractivity contribution < 1.29 is 0 Å². The molecule has 0 saturated heterocycles. The molecule has 2 heteroatoms. The zero-order valence-electron chi connectivity index (χ0n) is 11.9. The number of hydrogen-bond acceptors (Lipinski definition) is 0. The van der Waals surface area contributed by atoms with Gasteiger partial charge in [-0.2, -0.15) is 0 Å². The van der Waals surface area contributed by atoms with Gasteiger partial charge in [0.05, 0.1) is 0 Å². The SMILES string of the molecule is C[S+](c1ccccc1)c1ccc([Te]c2ccccc2)cc1. The van der Waals surface area contributed by atoms with Crippen LogP contribution in [0.1, 0.15) is 0 Å². The van der Waals surface area contributed by atoms with Gasteiger partial charge in [-0.25, -0.2) is 0 Å². The third-order valence-corrected chi connectivity index (χ3v) is 8.11. The number of hydrogen-bond donors (Lipinski definition) is 0. The quantitative estimate of drug-likeness (QED) is 0.463. The van der Waals surface area contributed by atoms with Crippen LogP contribution in [0.3, 0.4) is 0 Å². The predicted octanol–water partition coefficient (Wildman–Crippen LogP) is 3.01. The van der Waals surface area contributed by atoms with Gasteiger partial charge in [0.15, 0.2) is 0 Å². The average Bonchev–Trinajstić information content (AvgIpc) is 2.57. The monoisotopic (exact) mass is 407 g/mol. The molecule has 0 bridgehead atoms. The molecule has 0 aliphatic carbocycles. The van der Waals surface area contributed by atoms with Crippen molar-refractivity contribution in [3.8, 4) is 0 Å². The number of rotatable bonds is 4. The molecule has 0 spiro atoms. The minimum atomic E-state index is -0.249.